The van der Waals surface area contributed by atoms with Crippen LogP contribution in [0.5, 0.6) is 0 Å². The summed E-state index contributed by atoms with van der Waals surface area (Å²) in [4.78, 5) is 9.93. The number of rotatable bonds is 4. The predicted molar refractivity (Wildman–Crippen MR) is 93.8 cm³/mol. The Labute approximate surface area is 137 Å². The fraction of sp³-hybridized carbons (Fsp3) is 0.588. The largest absolute Gasteiger partial charge is 0.396 e. The van der Waals surface area contributed by atoms with Crippen molar-refractivity contribution in [1.82, 2.24) is 9.80 Å². The molecule has 0 aromatic heterocycles. The molecule has 22 heavy (non-hydrogen) atoms. The van der Waals surface area contributed by atoms with E-state index >= 15 is 0 Å². The molecule has 1 fully saturated rings. The van der Waals surface area contributed by atoms with E-state index in [2.05, 4.69) is 48.0 Å². The number of hydrogen-bond acceptors (Lipinski definition) is 5. The van der Waals surface area contributed by atoms with Crippen LogP contribution in [0, 0.1) is 0 Å². The van der Waals surface area contributed by atoms with Crippen molar-refractivity contribution in [1.29, 1.82) is 0 Å². The van der Waals surface area contributed by atoms with Crippen molar-refractivity contribution < 1.29 is 5.11 Å². The number of hydrogen-bond donors (Lipinski definition) is 1. The van der Waals surface area contributed by atoms with E-state index < -0.39 is 0 Å². The van der Waals surface area contributed by atoms with E-state index in [0.717, 1.165) is 43.5 Å². The number of amidine groups is 1. The minimum absolute atomic E-state index is 0.172. The van der Waals surface area contributed by atoms with Crippen LogP contribution in [0.2, 0.25) is 0 Å². The highest BCUT2D eigenvalue weighted by atomic mass is 32.2. The molecule has 0 aliphatic carbocycles. The molecular formula is C17H25N3OS. The quantitative estimate of drug-likeness (QED) is 0.856. The minimum atomic E-state index is -0.172. The van der Waals surface area contributed by atoms with Gasteiger partial charge in [-0.05, 0) is 19.5 Å². The maximum atomic E-state index is 9.03. The molecule has 5 heteroatoms. The Hall–Kier alpha value is -1.04. The van der Waals surface area contributed by atoms with Crippen LogP contribution in [0.1, 0.15) is 18.1 Å². The molecule has 0 amide bonds. The SMILES string of the molecule is CN1CCN(C2=NC(C)(CSCCO)c3ccccc32)CC1. The molecule has 4 nitrogen and oxygen atoms in total. The van der Waals surface area contributed by atoms with Crippen LogP contribution in [-0.2, 0) is 5.54 Å². The van der Waals surface area contributed by atoms with Gasteiger partial charge < -0.3 is 14.9 Å². The van der Waals surface area contributed by atoms with Gasteiger partial charge in [0.25, 0.3) is 0 Å². The summed E-state index contributed by atoms with van der Waals surface area (Å²) in [7, 11) is 2.18. The highest BCUT2D eigenvalue weighted by Gasteiger charge is 2.37. The standard InChI is InChI=1S/C17H25N3OS/c1-17(13-22-12-11-21)15-6-4-3-5-14(15)16(18-17)20-9-7-19(2)8-10-20/h3-6,21H,7-13H2,1-2H3. The second-order valence-electron chi connectivity index (χ2n) is 6.32. The van der Waals surface area contributed by atoms with Gasteiger partial charge in [-0.3, -0.25) is 4.99 Å². The van der Waals surface area contributed by atoms with Gasteiger partial charge >= 0.3 is 0 Å². The number of fused-ring (bicyclic) bond motifs is 1. The summed E-state index contributed by atoms with van der Waals surface area (Å²) in [6, 6.07) is 8.63. The number of likely N-dealkylation sites (N-methyl/N-ethyl adjacent to an activating group) is 1. The Kier molecular flexibility index (Phi) is 4.76. The number of nitrogens with zero attached hydrogens (tertiary/aromatic N) is 3. The average molecular weight is 319 g/mol. The molecule has 0 bridgehead atoms. The zero-order valence-corrected chi connectivity index (χ0v) is 14.3. The van der Waals surface area contributed by atoms with Crippen LogP contribution < -0.4 is 0 Å². The first kappa shape index (κ1) is 15.8. The summed E-state index contributed by atoms with van der Waals surface area (Å²) in [5.74, 6) is 2.86. The van der Waals surface area contributed by atoms with Crippen molar-refractivity contribution in [2.24, 2.45) is 4.99 Å². The molecule has 1 unspecified atom stereocenters. The lowest BCUT2D eigenvalue weighted by atomic mass is 9.93. The Morgan fingerprint density at radius 3 is 2.68 bits per heavy atom. The van der Waals surface area contributed by atoms with Gasteiger partial charge in [-0.25, -0.2) is 0 Å². The van der Waals surface area contributed by atoms with Gasteiger partial charge in [-0.15, -0.1) is 0 Å². The van der Waals surface area contributed by atoms with Crippen LogP contribution in [-0.4, -0.2) is 72.1 Å². The van der Waals surface area contributed by atoms with Crippen LogP contribution in [0.3, 0.4) is 0 Å². The minimum Gasteiger partial charge on any atom is -0.396 e. The summed E-state index contributed by atoms with van der Waals surface area (Å²) in [5, 5.41) is 9.03. The van der Waals surface area contributed by atoms with Crippen molar-refractivity contribution in [3.63, 3.8) is 0 Å². The molecule has 3 rings (SSSR count). The van der Waals surface area contributed by atoms with Crippen molar-refractivity contribution in [3.8, 4) is 0 Å². The van der Waals surface area contributed by atoms with E-state index in [9.17, 15) is 0 Å². The van der Waals surface area contributed by atoms with Gasteiger partial charge in [0.1, 0.15) is 5.84 Å². The molecule has 2 aliphatic rings. The Morgan fingerprint density at radius 1 is 1.23 bits per heavy atom. The normalized spacial score (nSPS) is 25.2. The van der Waals surface area contributed by atoms with Crippen LogP contribution in [0.25, 0.3) is 0 Å². The first-order valence-electron chi connectivity index (χ1n) is 7.96. The molecule has 1 aromatic carbocycles. The predicted octanol–water partition coefficient (Wildman–Crippen LogP) is 1.63. The van der Waals surface area contributed by atoms with Crippen molar-refractivity contribution in [3.05, 3.63) is 35.4 Å². The topological polar surface area (TPSA) is 39.1 Å². The van der Waals surface area contributed by atoms with E-state index in [1.807, 2.05) is 0 Å². The highest BCUT2D eigenvalue weighted by molar-refractivity contribution is 7.99. The summed E-state index contributed by atoms with van der Waals surface area (Å²) >= 11 is 1.78. The lowest BCUT2D eigenvalue weighted by Gasteiger charge is -2.34. The Morgan fingerprint density at radius 2 is 1.95 bits per heavy atom. The third-order valence-corrected chi connectivity index (χ3v) is 5.76. The van der Waals surface area contributed by atoms with Gasteiger partial charge in [0.2, 0.25) is 0 Å². The van der Waals surface area contributed by atoms with Gasteiger partial charge in [-0.1, -0.05) is 24.3 Å². The summed E-state index contributed by atoms with van der Waals surface area (Å²) < 4.78 is 0. The molecule has 2 heterocycles. The molecule has 2 aliphatic heterocycles. The van der Waals surface area contributed by atoms with Crippen molar-refractivity contribution in [2.75, 3.05) is 51.3 Å². The van der Waals surface area contributed by atoms with Gasteiger partial charge in [0.05, 0.1) is 12.1 Å². The monoisotopic (exact) mass is 319 g/mol. The molecule has 1 aromatic rings. The van der Waals surface area contributed by atoms with E-state index in [1.165, 1.54) is 11.1 Å². The Balaban J connectivity index is 1.86. The zero-order valence-electron chi connectivity index (χ0n) is 13.5. The first-order valence-corrected chi connectivity index (χ1v) is 9.11. The number of piperazine rings is 1. The number of aliphatic imine (C=N–C) groups is 1. The maximum absolute atomic E-state index is 9.03. The number of thioether (sulfide) groups is 1. The number of aliphatic hydroxyl groups excluding tert-OH is 1. The summed E-state index contributed by atoms with van der Waals surface area (Å²) in [6.07, 6.45) is 0. The first-order chi connectivity index (χ1) is 10.6. The van der Waals surface area contributed by atoms with Gasteiger partial charge in [-0.2, -0.15) is 11.8 Å². The van der Waals surface area contributed by atoms with Crippen LogP contribution >= 0.6 is 11.8 Å². The molecule has 1 atom stereocenters. The molecule has 0 spiro atoms. The molecule has 120 valence electrons. The lowest BCUT2D eigenvalue weighted by molar-refractivity contribution is 0.215. The smallest absolute Gasteiger partial charge is 0.132 e. The van der Waals surface area contributed by atoms with Crippen molar-refractivity contribution >= 4 is 17.6 Å². The zero-order chi connectivity index (χ0) is 15.6. The summed E-state index contributed by atoms with van der Waals surface area (Å²) in [6.45, 7) is 6.73. The maximum Gasteiger partial charge on any atom is 0.132 e. The van der Waals surface area contributed by atoms with Crippen LogP contribution in [0.4, 0.5) is 0 Å². The molecule has 0 radical (unpaired) electrons. The summed E-state index contributed by atoms with van der Waals surface area (Å²) in [5.41, 5.74) is 2.45. The lowest BCUT2D eigenvalue weighted by Crippen LogP contribution is -2.47. The van der Waals surface area contributed by atoms with E-state index in [1.54, 1.807) is 11.8 Å². The van der Waals surface area contributed by atoms with E-state index in [-0.39, 0.29) is 12.1 Å². The third kappa shape index (κ3) is 3.03. The molecular weight excluding hydrogens is 294 g/mol. The second kappa shape index (κ2) is 6.60. The highest BCUT2D eigenvalue weighted by Crippen LogP contribution is 2.38. The number of aliphatic hydroxyl groups is 1. The third-order valence-electron chi connectivity index (χ3n) is 4.52. The van der Waals surface area contributed by atoms with Gasteiger partial charge in [0.15, 0.2) is 0 Å². The second-order valence-corrected chi connectivity index (χ2v) is 7.43. The molecule has 0 saturated carbocycles. The Bertz CT molecular complexity index is 555. The van der Waals surface area contributed by atoms with E-state index in [4.69, 9.17) is 10.1 Å². The number of benzene rings is 1. The van der Waals surface area contributed by atoms with Crippen LogP contribution in [0.15, 0.2) is 29.3 Å². The van der Waals surface area contributed by atoms with Crippen molar-refractivity contribution in [2.45, 2.75) is 12.5 Å². The molecule has 1 saturated heterocycles. The van der Waals surface area contributed by atoms with Gasteiger partial charge in [0, 0.05) is 43.2 Å². The van der Waals surface area contributed by atoms with E-state index in [0.29, 0.717) is 0 Å². The average Bonchev–Trinajstić information content (AvgIpc) is 2.83. The molecule has 1 N–H and O–H groups in total. The fourth-order valence-corrected chi connectivity index (χ4v) is 4.10. The fourth-order valence-electron chi connectivity index (χ4n) is 3.21.